The third-order valence-electron chi connectivity index (χ3n) is 6.01. The molecule has 1 aliphatic rings. The predicted octanol–water partition coefficient (Wildman–Crippen LogP) is 2.92. The molecule has 0 N–H and O–H groups in total. The van der Waals surface area contributed by atoms with Gasteiger partial charge in [-0.25, -0.2) is 4.98 Å². The van der Waals surface area contributed by atoms with Crippen LogP contribution in [0.2, 0.25) is 0 Å². The predicted molar refractivity (Wildman–Crippen MR) is 129 cm³/mol. The first-order chi connectivity index (χ1) is 16.7. The summed E-state index contributed by atoms with van der Waals surface area (Å²) in [6.07, 6.45) is 3.73. The molecule has 0 saturated carbocycles. The Balaban J connectivity index is 1.52. The highest BCUT2D eigenvalue weighted by molar-refractivity contribution is 5.94. The topological polar surface area (TPSA) is 69.1 Å². The summed E-state index contributed by atoms with van der Waals surface area (Å²) in [6, 6.07) is 15.3. The molecule has 3 aromatic rings. The summed E-state index contributed by atoms with van der Waals surface area (Å²) in [5.41, 5.74) is 1.71. The van der Waals surface area contributed by atoms with Gasteiger partial charge in [0.25, 0.3) is 5.91 Å². The molecule has 0 unspecified atom stereocenters. The van der Waals surface area contributed by atoms with Crippen molar-refractivity contribution < 1.29 is 19.0 Å². The van der Waals surface area contributed by atoms with Gasteiger partial charge in [0.15, 0.2) is 0 Å². The lowest BCUT2D eigenvalue weighted by Gasteiger charge is -2.30. The van der Waals surface area contributed by atoms with E-state index in [1.807, 2.05) is 47.5 Å². The van der Waals surface area contributed by atoms with E-state index in [4.69, 9.17) is 14.2 Å². The van der Waals surface area contributed by atoms with E-state index < -0.39 is 0 Å². The molecule has 2 aromatic carbocycles. The molecule has 34 heavy (non-hydrogen) atoms. The monoisotopic (exact) mass is 464 g/mol. The number of imidazole rings is 1. The van der Waals surface area contributed by atoms with Crippen molar-refractivity contribution in [3.05, 3.63) is 77.9 Å². The summed E-state index contributed by atoms with van der Waals surface area (Å²) in [5, 5.41) is 0. The van der Waals surface area contributed by atoms with Crippen LogP contribution in [-0.4, -0.2) is 78.9 Å². The Bertz CT molecular complexity index is 1080. The zero-order valence-corrected chi connectivity index (χ0v) is 19.9. The van der Waals surface area contributed by atoms with Crippen molar-refractivity contribution >= 4 is 5.91 Å². The number of hydrogen-bond donors (Lipinski definition) is 0. The van der Waals surface area contributed by atoms with E-state index in [2.05, 4.69) is 20.5 Å². The lowest BCUT2D eigenvalue weighted by Crippen LogP contribution is -2.43. The second-order valence-corrected chi connectivity index (χ2v) is 8.24. The van der Waals surface area contributed by atoms with Crippen LogP contribution in [0.15, 0.2) is 60.9 Å². The number of carbonyl (C=O) groups excluding carboxylic acids is 1. The van der Waals surface area contributed by atoms with Gasteiger partial charge in [0, 0.05) is 50.7 Å². The van der Waals surface area contributed by atoms with E-state index in [-0.39, 0.29) is 5.91 Å². The summed E-state index contributed by atoms with van der Waals surface area (Å²) < 4.78 is 18.2. The van der Waals surface area contributed by atoms with Crippen molar-refractivity contribution in [2.24, 2.45) is 0 Å². The third-order valence-corrected chi connectivity index (χ3v) is 6.01. The Hall–Kier alpha value is -3.36. The van der Waals surface area contributed by atoms with E-state index in [9.17, 15) is 4.79 Å². The maximum absolute atomic E-state index is 13.5. The summed E-state index contributed by atoms with van der Waals surface area (Å²) >= 11 is 0. The minimum absolute atomic E-state index is 0.0388. The highest BCUT2D eigenvalue weighted by atomic mass is 16.5. The fourth-order valence-corrected chi connectivity index (χ4v) is 4.05. The normalized spacial score (nSPS) is 14.1. The summed E-state index contributed by atoms with van der Waals surface area (Å²) in [5.74, 6) is 2.28. The summed E-state index contributed by atoms with van der Waals surface area (Å²) in [6.45, 7) is 5.67. The average Bonchev–Trinajstić information content (AvgIpc) is 3.33. The number of hydrogen-bond acceptors (Lipinski definition) is 6. The third kappa shape index (κ3) is 6.15. The van der Waals surface area contributed by atoms with Crippen molar-refractivity contribution in [2.75, 3.05) is 53.6 Å². The van der Waals surface area contributed by atoms with Crippen LogP contribution < -0.4 is 9.47 Å². The van der Waals surface area contributed by atoms with Crippen LogP contribution in [0.25, 0.3) is 0 Å². The average molecular weight is 465 g/mol. The number of benzene rings is 2. The van der Waals surface area contributed by atoms with Gasteiger partial charge in [0.2, 0.25) is 0 Å². The van der Waals surface area contributed by atoms with Crippen LogP contribution in [0.4, 0.5) is 0 Å². The molecule has 8 heteroatoms. The fourth-order valence-electron chi connectivity index (χ4n) is 4.05. The first kappa shape index (κ1) is 23.8. The number of rotatable bonds is 10. The number of amides is 1. The second kappa shape index (κ2) is 11.7. The molecule has 0 spiro atoms. The Labute approximate surface area is 200 Å². The zero-order valence-electron chi connectivity index (χ0n) is 19.9. The second-order valence-electron chi connectivity index (χ2n) is 8.24. The molecule has 0 atom stereocenters. The lowest BCUT2D eigenvalue weighted by atomic mass is 10.2. The van der Waals surface area contributed by atoms with Gasteiger partial charge in [-0.05, 0) is 35.9 Å². The number of carbonyl (C=O) groups is 1. The number of aromatic nitrogens is 2. The van der Waals surface area contributed by atoms with E-state index in [0.29, 0.717) is 30.9 Å². The lowest BCUT2D eigenvalue weighted by molar-refractivity contribution is 0.0318. The molecule has 0 radical (unpaired) electrons. The molecule has 180 valence electrons. The van der Waals surface area contributed by atoms with Gasteiger partial charge in [-0.15, -0.1) is 0 Å². The Morgan fingerprint density at radius 2 is 1.79 bits per heavy atom. The van der Waals surface area contributed by atoms with E-state index in [1.54, 1.807) is 26.5 Å². The van der Waals surface area contributed by atoms with Crippen LogP contribution in [0.3, 0.4) is 0 Å². The minimum atomic E-state index is -0.0388. The van der Waals surface area contributed by atoms with Crippen molar-refractivity contribution in [2.45, 2.75) is 13.1 Å². The van der Waals surface area contributed by atoms with Gasteiger partial charge in [-0.1, -0.05) is 18.2 Å². The minimum Gasteiger partial charge on any atom is -0.497 e. The molecule has 1 amide bonds. The van der Waals surface area contributed by atoms with Crippen LogP contribution in [-0.2, 0) is 17.8 Å². The first-order valence-corrected chi connectivity index (χ1v) is 11.5. The Kier molecular flexibility index (Phi) is 8.17. The Morgan fingerprint density at radius 1 is 1.06 bits per heavy atom. The quantitative estimate of drug-likeness (QED) is 0.460. The smallest absolute Gasteiger partial charge is 0.254 e. The van der Waals surface area contributed by atoms with Gasteiger partial charge in [0.05, 0.1) is 34.0 Å². The SMILES string of the molecule is COc1cccc(Cn2ccnc2CN(CCN2CCOCC2)C(=O)c2cccc(OC)c2)c1. The molecule has 1 aromatic heterocycles. The molecular weight excluding hydrogens is 432 g/mol. The van der Waals surface area contributed by atoms with Crippen molar-refractivity contribution in [1.82, 2.24) is 19.4 Å². The maximum atomic E-state index is 13.5. The van der Waals surface area contributed by atoms with Crippen LogP contribution in [0.5, 0.6) is 11.5 Å². The number of nitrogens with zero attached hydrogens (tertiary/aromatic N) is 4. The van der Waals surface area contributed by atoms with Crippen LogP contribution in [0.1, 0.15) is 21.7 Å². The standard InChI is InChI=1S/C26H32N4O4/c1-32-23-7-3-5-21(17-23)19-29-10-9-27-25(29)20-30(12-11-28-13-15-34-16-14-28)26(31)22-6-4-8-24(18-22)33-2/h3-10,17-18H,11-16,19-20H2,1-2H3. The highest BCUT2D eigenvalue weighted by Crippen LogP contribution is 2.18. The van der Waals surface area contributed by atoms with Crippen LogP contribution in [0, 0.1) is 0 Å². The highest BCUT2D eigenvalue weighted by Gasteiger charge is 2.21. The van der Waals surface area contributed by atoms with Gasteiger partial charge in [0.1, 0.15) is 17.3 Å². The molecular formula is C26H32N4O4. The molecule has 2 heterocycles. The van der Waals surface area contributed by atoms with Gasteiger partial charge in [-0.2, -0.15) is 0 Å². The fraction of sp³-hybridized carbons (Fsp3) is 0.385. The number of morpholine rings is 1. The molecule has 8 nitrogen and oxygen atoms in total. The van der Waals surface area contributed by atoms with Gasteiger partial charge >= 0.3 is 0 Å². The van der Waals surface area contributed by atoms with Crippen LogP contribution >= 0.6 is 0 Å². The summed E-state index contributed by atoms with van der Waals surface area (Å²) in [7, 11) is 3.27. The Morgan fingerprint density at radius 3 is 2.56 bits per heavy atom. The molecule has 1 fully saturated rings. The molecule has 1 saturated heterocycles. The number of ether oxygens (including phenoxy) is 3. The van der Waals surface area contributed by atoms with Crippen molar-refractivity contribution in [3.8, 4) is 11.5 Å². The molecule has 0 bridgehead atoms. The van der Waals surface area contributed by atoms with Gasteiger partial charge < -0.3 is 23.7 Å². The zero-order chi connectivity index (χ0) is 23.8. The number of methoxy groups -OCH3 is 2. The molecule has 4 rings (SSSR count). The van der Waals surface area contributed by atoms with Crippen molar-refractivity contribution in [3.63, 3.8) is 0 Å². The van der Waals surface area contributed by atoms with Gasteiger partial charge in [-0.3, -0.25) is 9.69 Å². The largest absolute Gasteiger partial charge is 0.497 e. The maximum Gasteiger partial charge on any atom is 0.254 e. The van der Waals surface area contributed by atoms with E-state index >= 15 is 0 Å². The van der Waals surface area contributed by atoms with E-state index in [1.165, 1.54) is 0 Å². The molecule has 0 aliphatic carbocycles. The van der Waals surface area contributed by atoms with Crippen molar-refractivity contribution in [1.29, 1.82) is 0 Å². The first-order valence-electron chi connectivity index (χ1n) is 11.5. The van der Waals surface area contributed by atoms with E-state index in [0.717, 1.165) is 50.0 Å². The molecule has 1 aliphatic heterocycles. The summed E-state index contributed by atoms with van der Waals surface area (Å²) in [4.78, 5) is 22.3.